The molecule has 6 nitrogen and oxygen atoms in total. The van der Waals surface area contributed by atoms with Crippen LogP contribution in [-0.4, -0.2) is 50.9 Å². The fourth-order valence-electron chi connectivity index (χ4n) is 2.97. The largest absolute Gasteiger partial charge is 0.354 e. The van der Waals surface area contributed by atoms with E-state index in [4.69, 9.17) is 0 Å². The minimum atomic E-state index is -3.86. The Morgan fingerprint density at radius 3 is 2.56 bits per heavy atom. The Labute approximate surface area is 148 Å². The van der Waals surface area contributed by atoms with Gasteiger partial charge in [0.1, 0.15) is 10.7 Å². The highest BCUT2D eigenvalue weighted by atomic mass is 32.2. The molecule has 8 heteroatoms. The number of piperidine rings is 1. The van der Waals surface area contributed by atoms with E-state index in [2.05, 4.69) is 10.6 Å². The SMILES string of the molecule is CCN[C@H](C)CNC(=O)C1CCN(S(=O)(=O)c2ccccc2F)CC1. The Morgan fingerprint density at radius 1 is 1.32 bits per heavy atom. The van der Waals surface area contributed by atoms with Crippen LogP contribution in [0.15, 0.2) is 29.2 Å². The highest BCUT2D eigenvalue weighted by Gasteiger charge is 2.33. The maximum atomic E-state index is 13.8. The van der Waals surface area contributed by atoms with Crippen molar-refractivity contribution in [3.05, 3.63) is 30.1 Å². The van der Waals surface area contributed by atoms with Crippen LogP contribution in [0.5, 0.6) is 0 Å². The van der Waals surface area contributed by atoms with Crippen LogP contribution in [0.3, 0.4) is 0 Å². The Bertz CT molecular complexity index is 688. The van der Waals surface area contributed by atoms with E-state index in [1.807, 2.05) is 13.8 Å². The number of hydrogen-bond acceptors (Lipinski definition) is 4. The number of benzene rings is 1. The molecule has 0 bridgehead atoms. The first-order valence-electron chi connectivity index (χ1n) is 8.62. The monoisotopic (exact) mass is 371 g/mol. The summed E-state index contributed by atoms with van der Waals surface area (Å²) >= 11 is 0. The van der Waals surface area contributed by atoms with E-state index in [1.54, 1.807) is 0 Å². The average molecular weight is 371 g/mol. The second-order valence-corrected chi connectivity index (χ2v) is 8.22. The first-order chi connectivity index (χ1) is 11.9. The van der Waals surface area contributed by atoms with Crippen LogP contribution in [0, 0.1) is 11.7 Å². The maximum absolute atomic E-state index is 13.8. The lowest BCUT2D eigenvalue weighted by Crippen LogP contribution is -2.45. The van der Waals surface area contributed by atoms with Gasteiger partial charge in [0.05, 0.1) is 0 Å². The number of rotatable bonds is 7. The molecule has 1 aromatic rings. The molecule has 1 aromatic carbocycles. The second kappa shape index (κ2) is 8.73. The zero-order valence-corrected chi connectivity index (χ0v) is 15.5. The van der Waals surface area contributed by atoms with Gasteiger partial charge < -0.3 is 10.6 Å². The second-order valence-electron chi connectivity index (χ2n) is 6.31. The lowest BCUT2D eigenvalue weighted by Gasteiger charge is -2.30. The number of carbonyl (C=O) groups excluding carboxylic acids is 1. The summed E-state index contributed by atoms with van der Waals surface area (Å²) in [5, 5.41) is 6.12. The van der Waals surface area contributed by atoms with Crippen molar-refractivity contribution in [2.75, 3.05) is 26.2 Å². The number of likely N-dealkylation sites (N-methyl/N-ethyl adjacent to an activating group) is 1. The normalized spacial score (nSPS) is 18.0. The van der Waals surface area contributed by atoms with Crippen molar-refractivity contribution < 1.29 is 17.6 Å². The molecule has 25 heavy (non-hydrogen) atoms. The van der Waals surface area contributed by atoms with Crippen molar-refractivity contribution in [2.24, 2.45) is 5.92 Å². The zero-order chi connectivity index (χ0) is 18.4. The molecule has 140 valence electrons. The Kier molecular flexibility index (Phi) is 6.92. The van der Waals surface area contributed by atoms with Gasteiger partial charge in [0.2, 0.25) is 15.9 Å². The summed E-state index contributed by atoms with van der Waals surface area (Å²) in [5.74, 6) is -1.01. The third-order valence-electron chi connectivity index (χ3n) is 4.41. The Hall–Kier alpha value is -1.51. The standard InChI is InChI=1S/C17H26FN3O3S/c1-3-19-13(2)12-20-17(22)14-8-10-21(11-9-14)25(23,24)16-7-5-4-6-15(16)18/h4-7,13-14,19H,3,8-12H2,1-2H3,(H,20,22)/t13-/m1/s1. The number of nitrogens with one attached hydrogen (secondary N) is 2. The summed E-state index contributed by atoms with van der Waals surface area (Å²) in [4.78, 5) is 11.9. The van der Waals surface area contributed by atoms with Crippen LogP contribution in [0.2, 0.25) is 0 Å². The highest BCUT2D eigenvalue weighted by molar-refractivity contribution is 7.89. The third-order valence-corrected chi connectivity index (χ3v) is 6.35. The van der Waals surface area contributed by atoms with Gasteiger partial charge in [0.15, 0.2) is 0 Å². The van der Waals surface area contributed by atoms with Crippen LogP contribution in [-0.2, 0) is 14.8 Å². The molecule has 1 saturated heterocycles. The van der Waals surface area contributed by atoms with Gasteiger partial charge in [-0.05, 0) is 38.4 Å². The van der Waals surface area contributed by atoms with Gasteiger partial charge >= 0.3 is 0 Å². The fourth-order valence-corrected chi connectivity index (χ4v) is 4.50. The van der Waals surface area contributed by atoms with Crippen LogP contribution >= 0.6 is 0 Å². The topological polar surface area (TPSA) is 78.5 Å². The number of carbonyl (C=O) groups is 1. The molecule has 0 aromatic heterocycles. The molecular weight excluding hydrogens is 345 g/mol. The van der Waals surface area contributed by atoms with E-state index in [1.165, 1.54) is 22.5 Å². The van der Waals surface area contributed by atoms with Crippen molar-refractivity contribution in [3.63, 3.8) is 0 Å². The minimum absolute atomic E-state index is 0.0484. The van der Waals surface area contributed by atoms with Crippen molar-refractivity contribution >= 4 is 15.9 Å². The molecule has 1 atom stereocenters. The third kappa shape index (κ3) is 4.99. The van der Waals surface area contributed by atoms with Gasteiger partial charge in [0.25, 0.3) is 0 Å². The van der Waals surface area contributed by atoms with Gasteiger partial charge in [-0.2, -0.15) is 4.31 Å². The molecule has 0 radical (unpaired) electrons. The Balaban J connectivity index is 1.91. The van der Waals surface area contributed by atoms with Crippen molar-refractivity contribution in [1.29, 1.82) is 0 Å². The molecule has 2 N–H and O–H groups in total. The molecule has 0 saturated carbocycles. The zero-order valence-electron chi connectivity index (χ0n) is 14.7. The summed E-state index contributed by atoms with van der Waals surface area (Å²) in [6.07, 6.45) is 0.879. The first-order valence-corrected chi connectivity index (χ1v) is 10.1. The number of hydrogen-bond donors (Lipinski definition) is 2. The van der Waals surface area contributed by atoms with E-state index in [-0.39, 0.29) is 35.9 Å². The molecule has 2 rings (SSSR count). The van der Waals surface area contributed by atoms with Crippen LogP contribution in [0.25, 0.3) is 0 Å². The van der Waals surface area contributed by atoms with E-state index < -0.39 is 15.8 Å². The van der Waals surface area contributed by atoms with E-state index >= 15 is 0 Å². The molecule has 1 aliphatic rings. The number of sulfonamides is 1. The first kappa shape index (κ1) is 19.8. The van der Waals surface area contributed by atoms with E-state index in [9.17, 15) is 17.6 Å². The fraction of sp³-hybridized carbons (Fsp3) is 0.588. The van der Waals surface area contributed by atoms with Crippen LogP contribution in [0.4, 0.5) is 4.39 Å². The average Bonchev–Trinajstić information content (AvgIpc) is 2.60. The van der Waals surface area contributed by atoms with Crippen LogP contribution in [0.1, 0.15) is 26.7 Å². The van der Waals surface area contributed by atoms with Crippen LogP contribution < -0.4 is 10.6 Å². The van der Waals surface area contributed by atoms with E-state index in [0.29, 0.717) is 19.4 Å². The summed E-state index contributed by atoms with van der Waals surface area (Å²) in [7, 11) is -3.86. The molecule has 1 aliphatic heterocycles. The molecule has 1 fully saturated rings. The van der Waals surface area contributed by atoms with Gasteiger partial charge in [-0.3, -0.25) is 4.79 Å². The van der Waals surface area contributed by atoms with Crippen molar-refractivity contribution in [2.45, 2.75) is 37.6 Å². The molecular formula is C17H26FN3O3S. The molecule has 0 unspecified atom stereocenters. The summed E-state index contributed by atoms with van der Waals surface area (Å²) in [5.41, 5.74) is 0. The van der Waals surface area contributed by atoms with Gasteiger partial charge in [-0.1, -0.05) is 19.1 Å². The smallest absolute Gasteiger partial charge is 0.245 e. The van der Waals surface area contributed by atoms with Crippen molar-refractivity contribution in [1.82, 2.24) is 14.9 Å². The number of halogens is 1. The highest BCUT2D eigenvalue weighted by Crippen LogP contribution is 2.25. The van der Waals surface area contributed by atoms with Crippen molar-refractivity contribution in [3.8, 4) is 0 Å². The van der Waals surface area contributed by atoms with Gasteiger partial charge in [-0.25, -0.2) is 12.8 Å². The molecule has 1 heterocycles. The number of nitrogens with zero attached hydrogens (tertiary/aromatic N) is 1. The summed E-state index contributed by atoms with van der Waals surface area (Å²) in [6, 6.07) is 5.56. The molecule has 1 amide bonds. The predicted octanol–water partition coefficient (Wildman–Crippen LogP) is 1.34. The summed E-state index contributed by atoms with van der Waals surface area (Å²) < 4.78 is 40.2. The minimum Gasteiger partial charge on any atom is -0.354 e. The van der Waals surface area contributed by atoms with E-state index in [0.717, 1.165) is 12.6 Å². The lowest BCUT2D eigenvalue weighted by atomic mass is 9.97. The maximum Gasteiger partial charge on any atom is 0.245 e. The van der Waals surface area contributed by atoms with Gasteiger partial charge in [-0.15, -0.1) is 0 Å². The number of amides is 1. The molecule has 0 spiro atoms. The summed E-state index contributed by atoms with van der Waals surface area (Å²) in [6.45, 7) is 5.82. The predicted molar refractivity (Wildman–Crippen MR) is 94.0 cm³/mol. The molecule has 0 aliphatic carbocycles. The lowest BCUT2D eigenvalue weighted by molar-refractivity contribution is -0.126. The van der Waals surface area contributed by atoms with Gasteiger partial charge in [0, 0.05) is 31.6 Å². The quantitative estimate of drug-likeness (QED) is 0.758. The Morgan fingerprint density at radius 2 is 1.96 bits per heavy atom.